The zero-order chi connectivity index (χ0) is 13.0. The third-order valence-electron chi connectivity index (χ3n) is 2.33. The van der Waals surface area contributed by atoms with Crippen molar-refractivity contribution in [1.82, 2.24) is 4.98 Å². The zero-order valence-corrected chi connectivity index (χ0v) is 10.7. The number of thioether (sulfide) groups is 1. The summed E-state index contributed by atoms with van der Waals surface area (Å²) in [5.74, 6) is 0.103. The number of hydrogen-bond acceptors (Lipinski definition) is 5. The molecule has 1 heterocycles. The topological polar surface area (TPSA) is 102 Å². The molecule has 17 heavy (non-hydrogen) atoms. The lowest BCUT2D eigenvalue weighted by Crippen LogP contribution is -2.38. The van der Waals surface area contributed by atoms with Crippen molar-refractivity contribution < 1.29 is 9.90 Å². The highest BCUT2D eigenvalue weighted by Gasteiger charge is 2.20. The molecule has 0 aliphatic heterocycles. The summed E-state index contributed by atoms with van der Waals surface area (Å²) < 4.78 is 0. The van der Waals surface area contributed by atoms with Crippen LogP contribution in [-0.4, -0.2) is 27.4 Å². The Morgan fingerprint density at radius 1 is 1.59 bits per heavy atom. The van der Waals surface area contributed by atoms with Crippen LogP contribution in [0.1, 0.15) is 18.2 Å². The van der Waals surface area contributed by atoms with Crippen molar-refractivity contribution in [3.63, 3.8) is 0 Å². The fraction of sp³-hybridized carbons (Fsp3) is 0.455. The van der Waals surface area contributed by atoms with Crippen LogP contribution in [0, 0.1) is 6.92 Å². The number of carbonyl (C=O) groups is 1. The quantitative estimate of drug-likeness (QED) is 0.725. The van der Waals surface area contributed by atoms with Gasteiger partial charge in [-0.15, -0.1) is 0 Å². The maximum Gasteiger partial charge on any atom is 0.321 e. The molecule has 0 amide bonds. The van der Waals surface area contributed by atoms with Gasteiger partial charge in [0.25, 0.3) is 0 Å². The highest BCUT2D eigenvalue weighted by atomic mass is 32.2. The van der Waals surface area contributed by atoms with E-state index in [9.17, 15) is 4.79 Å². The van der Waals surface area contributed by atoms with Gasteiger partial charge in [0.2, 0.25) is 0 Å². The Hall–Kier alpha value is -1.27. The van der Waals surface area contributed by atoms with Crippen molar-refractivity contribution in [2.24, 2.45) is 5.73 Å². The lowest BCUT2D eigenvalue weighted by Gasteiger charge is -2.15. The summed E-state index contributed by atoms with van der Waals surface area (Å²) in [4.78, 5) is 14.9. The predicted octanol–water partition coefficient (Wildman–Crippen LogP) is 1.01. The van der Waals surface area contributed by atoms with Crippen molar-refractivity contribution in [1.29, 1.82) is 0 Å². The average molecular weight is 255 g/mol. The van der Waals surface area contributed by atoms with E-state index in [0.29, 0.717) is 11.6 Å². The minimum Gasteiger partial charge on any atom is -0.480 e. The second kappa shape index (κ2) is 5.88. The van der Waals surface area contributed by atoms with E-state index in [-0.39, 0.29) is 5.25 Å². The molecular formula is C11H17N3O2S. The lowest BCUT2D eigenvalue weighted by atomic mass is 10.2. The van der Waals surface area contributed by atoms with E-state index in [0.717, 1.165) is 11.3 Å². The summed E-state index contributed by atoms with van der Waals surface area (Å²) in [5.41, 5.74) is 13.0. The third kappa shape index (κ3) is 4.24. The van der Waals surface area contributed by atoms with Crippen molar-refractivity contribution in [3.05, 3.63) is 23.4 Å². The van der Waals surface area contributed by atoms with Gasteiger partial charge in [0.1, 0.15) is 11.9 Å². The van der Waals surface area contributed by atoms with Crippen LogP contribution in [0.3, 0.4) is 0 Å². The highest BCUT2D eigenvalue weighted by Crippen LogP contribution is 2.20. The van der Waals surface area contributed by atoms with Gasteiger partial charge in [-0.2, -0.15) is 11.8 Å². The summed E-state index contributed by atoms with van der Waals surface area (Å²) in [6.45, 7) is 3.74. The molecule has 5 N–H and O–H groups in total. The minimum atomic E-state index is -0.985. The van der Waals surface area contributed by atoms with Crippen LogP contribution < -0.4 is 11.5 Å². The van der Waals surface area contributed by atoms with Gasteiger partial charge in [-0.1, -0.05) is 6.92 Å². The maximum absolute atomic E-state index is 10.7. The SMILES string of the molecule is Cc1cc(N)nc(CS[C@H](C)[C@H](N)C(=O)O)c1. The van der Waals surface area contributed by atoms with E-state index in [1.165, 1.54) is 11.8 Å². The Labute approximate surface area is 105 Å². The molecule has 6 heteroatoms. The fourth-order valence-corrected chi connectivity index (χ4v) is 2.27. The van der Waals surface area contributed by atoms with Crippen LogP contribution in [0.15, 0.2) is 12.1 Å². The van der Waals surface area contributed by atoms with Crippen LogP contribution in [0.4, 0.5) is 5.82 Å². The van der Waals surface area contributed by atoms with Gasteiger partial charge < -0.3 is 16.6 Å². The molecule has 0 spiro atoms. The van der Waals surface area contributed by atoms with E-state index in [2.05, 4.69) is 4.98 Å². The molecule has 2 atom stereocenters. The Morgan fingerprint density at radius 2 is 2.24 bits per heavy atom. The molecule has 0 fully saturated rings. The molecule has 5 nitrogen and oxygen atoms in total. The van der Waals surface area contributed by atoms with Gasteiger partial charge in [-0.3, -0.25) is 4.79 Å². The van der Waals surface area contributed by atoms with E-state index in [4.69, 9.17) is 16.6 Å². The number of pyridine rings is 1. The first-order valence-corrected chi connectivity index (χ1v) is 6.28. The van der Waals surface area contributed by atoms with Crippen LogP contribution in [-0.2, 0) is 10.5 Å². The van der Waals surface area contributed by atoms with E-state index in [1.54, 1.807) is 13.0 Å². The number of nitrogen functional groups attached to an aromatic ring is 1. The molecule has 0 saturated heterocycles. The van der Waals surface area contributed by atoms with Gasteiger partial charge in [0.15, 0.2) is 0 Å². The van der Waals surface area contributed by atoms with Crippen molar-refractivity contribution in [2.75, 3.05) is 5.73 Å². The van der Waals surface area contributed by atoms with Crippen LogP contribution in [0.5, 0.6) is 0 Å². The molecule has 1 aromatic heterocycles. The Morgan fingerprint density at radius 3 is 2.76 bits per heavy atom. The first kappa shape index (κ1) is 13.8. The number of nitrogens with two attached hydrogens (primary N) is 2. The van der Waals surface area contributed by atoms with Gasteiger partial charge in [-0.05, 0) is 24.6 Å². The first-order chi connectivity index (χ1) is 7.90. The smallest absolute Gasteiger partial charge is 0.321 e. The highest BCUT2D eigenvalue weighted by molar-refractivity contribution is 7.99. The van der Waals surface area contributed by atoms with E-state index >= 15 is 0 Å². The molecule has 0 radical (unpaired) electrons. The Kier molecular flexibility index (Phi) is 4.77. The minimum absolute atomic E-state index is 0.170. The Bertz CT molecular complexity index is 391. The summed E-state index contributed by atoms with van der Waals surface area (Å²) in [6.07, 6.45) is 0. The summed E-state index contributed by atoms with van der Waals surface area (Å²) >= 11 is 1.46. The van der Waals surface area contributed by atoms with Crippen LogP contribution in [0.25, 0.3) is 0 Å². The van der Waals surface area contributed by atoms with E-state index < -0.39 is 12.0 Å². The second-order valence-corrected chi connectivity index (χ2v) is 5.31. The monoisotopic (exact) mass is 255 g/mol. The zero-order valence-electron chi connectivity index (χ0n) is 9.88. The predicted molar refractivity (Wildman–Crippen MR) is 69.8 cm³/mol. The van der Waals surface area contributed by atoms with Crippen molar-refractivity contribution in [3.8, 4) is 0 Å². The van der Waals surface area contributed by atoms with E-state index in [1.807, 2.05) is 13.0 Å². The number of nitrogens with zero attached hydrogens (tertiary/aromatic N) is 1. The van der Waals surface area contributed by atoms with Crippen LogP contribution >= 0.6 is 11.8 Å². The average Bonchev–Trinajstić information content (AvgIpc) is 2.23. The molecule has 0 aromatic carbocycles. The standard InChI is InChI=1S/C11H17N3O2S/c1-6-3-8(14-9(12)4-6)5-17-7(2)10(13)11(15)16/h3-4,7,10H,5,13H2,1-2H3,(H2,12,14)(H,15,16)/t7-,10+/m1/s1. The molecule has 0 saturated carbocycles. The second-order valence-electron chi connectivity index (χ2n) is 3.94. The molecule has 1 aromatic rings. The van der Waals surface area contributed by atoms with Gasteiger partial charge in [0, 0.05) is 11.0 Å². The normalized spacial score (nSPS) is 14.3. The number of aromatic nitrogens is 1. The molecular weight excluding hydrogens is 238 g/mol. The largest absolute Gasteiger partial charge is 0.480 e. The molecule has 0 bridgehead atoms. The molecule has 1 rings (SSSR count). The fourth-order valence-electron chi connectivity index (χ4n) is 1.36. The maximum atomic E-state index is 10.7. The number of aryl methyl sites for hydroxylation is 1. The molecule has 0 aliphatic rings. The number of anilines is 1. The van der Waals surface area contributed by atoms with Crippen molar-refractivity contribution in [2.45, 2.75) is 30.9 Å². The van der Waals surface area contributed by atoms with Crippen LogP contribution in [0.2, 0.25) is 0 Å². The Balaban J connectivity index is 2.58. The van der Waals surface area contributed by atoms with Gasteiger partial charge in [-0.25, -0.2) is 4.98 Å². The summed E-state index contributed by atoms with van der Waals surface area (Å²) in [5, 5.41) is 8.59. The number of rotatable bonds is 5. The number of hydrogen-bond donors (Lipinski definition) is 3. The first-order valence-electron chi connectivity index (χ1n) is 5.23. The molecule has 0 aliphatic carbocycles. The number of carboxylic acids is 1. The number of carboxylic acid groups (broad SMARTS) is 1. The lowest BCUT2D eigenvalue weighted by molar-refractivity contribution is -0.138. The van der Waals surface area contributed by atoms with Gasteiger partial charge in [0.05, 0.1) is 5.69 Å². The number of aliphatic carboxylic acids is 1. The summed E-state index contributed by atoms with van der Waals surface area (Å²) in [7, 11) is 0. The van der Waals surface area contributed by atoms with Crippen molar-refractivity contribution >= 4 is 23.5 Å². The molecule has 0 unspecified atom stereocenters. The summed E-state index contributed by atoms with van der Waals surface area (Å²) in [6, 6.07) is 2.87. The van der Waals surface area contributed by atoms with Gasteiger partial charge >= 0.3 is 5.97 Å². The molecule has 94 valence electrons. The third-order valence-corrected chi connectivity index (χ3v) is 3.61.